The fraction of sp³-hybridized carbons (Fsp3) is 0.385. The van der Waals surface area contributed by atoms with E-state index in [1.165, 1.54) is 30.5 Å². The molecule has 2 rings (SSSR count). The number of nitrogens with two attached hydrogens (primary N) is 1. The van der Waals surface area contributed by atoms with Crippen LogP contribution in [0.2, 0.25) is 0 Å². The summed E-state index contributed by atoms with van der Waals surface area (Å²) < 4.78 is 13.8. The van der Waals surface area contributed by atoms with Crippen LogP contribution in [-0.2, 0) is 0 Å². The molecule has 0 aromatic heterocycles. The lowest BCUT2D eigenvalue weighted by Gasteiger charge is -2.24. The van der Waals surface area contributed by atoms with Gasteiger partial charge in [-0.05, 0) is 43.4 Å². The molecule has 0 bridgehead atoms. The number of nitrogens with one attached hydrogen (secondary N) is 1. The SMILES string of the molecule is NNC(C1=CCCCC1)c1ccc(F)cc1Br. The molecule has 0 saturated carbocycles. The van der Waals surface area contributed by atoms with Gasteiger partial charge in [0.25, 0.3) is 0 Å². The minimum Gasteiger partial charge on any atom is -0.271 e. The summed E-state index contributed by atoms with van der Waals surface area (Å²) in [6, 6.07) is 4.70. The molecule has 4 heteroatoms. The van der Waals surface area contributed by atoms with E-state index >= 15 is 0 Å². The number of allylic oxidation sites excluding steroid dienone is 1. The second kappa shape index (κ2) is 5.76. The average Bonchev–Trinajstić information content (AvgIpc) is 2.34. The maximum Gasteiger partial charge on any atom is 0.124 e. The lowest BCUT2D eigenvalue weighted by Crippen LogP contribution is -2.30. The van der Waals surface area contributed by atoms with Crippen LogP contribution in [0.3, 0.4) is 0 Å². The Kier molecular flexibility index (Phi) is 4.31. The molecular formula is C13H16BrFN2. The molecule has 0 spiro atoms. The normalized spacial score (nSPS) is 17.7. The fourth-order valence-corrected chi connectivity index (χ4v) is 2.84. The van der Waals surface area contributed by atoms with E-state index in [9.17, 15) is 4.39 Å². The van der Waals surface area contributed by atoms with Crippen molar-refractivity contribution < 1.29 is 4.39 Å². The van der Waals surface area contributed by atoms with Gasteiger partial charge in [-0.1, -0.05) is 33.6 Å². The van der Waals surface area contributed by atoms with E-state index in [0.29, 0.717) is 0 Å². The van der Waals surface area contributed by atoms with Crippen molar-refractivity contribution in [1.29, 1.82) is 0 Å². The Labute approximate surface area is 109 Å². The highest BCUT2D eigenvalue weighted by Gasteiger charge is 2.19. The molecular weight excluding hydrogens is 283 g/mol. The van der Waals surface area contributed by atoms with Crippen molar-refractivity contribution in [2.45, 2.75) is 31.7 Å². The molecule has 0 fully saturated rings. The Morgan fingerprint density at radius 2 is 2.18 bits per heavy atom. The molecule has 1 aliphatic rings. The van der Waals surface area contributed by atoms with E-state index in [1.807, 2.05) is 0 Å². The Balaban J connectivity index is 2.31. The van der Waals surface area contributed by atoms with Gasteiger partial charge in [0.15, 0.2) is 0 Å². The quantitative estimate of drug-likeness (QED) is 0.508. The first-order chi connectivity index (χ1) is 8.22. The predicted octanol–water partition coefficient (Wildman–Crippen LogP) is 3.59. The van der Waals surface area contributed by atoms with E-state index in [4.69, 9.17) is 5.84 Å². The molecule has 1 aliphatic carbocycles. The minimum atomic E-state index is -0.242. The number of halogens is 2. The van der Waals surface area contributed by atoms with Crippen LogP contribution in [0.25, 0.3) is 0 Å². The van der Waals surface area contributed by atoms with Gasteiger partial charge < -0.3 is 0 Å². The number of hydrogen-bond donors (Lipinski definition) is 2. The third-order valence-corrected chi connectivity index (χ3v) is 3.82. The van der Waals surface area contributed by atoms with E-state index in [1.54, 1.807) is 6.07 Å². The molecule has 0 saturated heterocycles. The standard InChI is InChI=1S/C13H16BrFN2/c14-12-8-10(15)6-7-11(12)13(17-16)9-4-2-1-3-5-9/h4,6-8,13,17H,1-3,5,16H2. The van der Waals surface area contributed by atoms with Crippen LogP contribution in [-0.4, -0.2) is 0 Å². The molecule has 0 aliphatic heterocycles. The van der Waals surface area contributed by atoms with E-state index in [0.717, 1.165) is 22.9 Å². The summed E-state index contributed by atoms with van der Waals surface area (Å²) >= 11 is 3.39. The number of hydrazine groups is 1. The molecule has 92 valence electrons. The summed E-state index contributed by atoms with van der Waals surface area (Å²) in [5, 5.41) is 0. The van der Waals surface area contributed by atoms with Crippen LogP contribution in [0.4, 0.5) is 4.39 Å². The van der Waals surface area contributed by atoms with Crippen LogP contribution in [0, 0.1) is 5.82 Å². The third kappa shape index (κ3) is 2.94. The van der Waals surface area contributed by atoms with Gasteiger partial charge in [0.1, 0.15) is 5.82 Å². The first-order valence-corrected chi connectivity index (χ1v) is 6.61. The van der Waals surface area contributed by atoms with Gasteiger partial charge >= 0.3 is 0 Å². The Bertz CT molecular complexity index is 431. The summed E-state index contributed by atoms with van der Waals surface area (Å²) in [4.78, 5) is 0. The van der Waals surface area contributed by atoms with Crippen LogP contribution in [0.1, 0.15) is 37.3 Å². The first kappa shape index (κ1) is 12.7. The highest BCUT2D eigenvalue weighted by atomic mass is 79.9. The molecule has 1 unspecified atom stereocenters. The second-order valence-electron chi connectivity index (χ2n) is 4.29. The topological polar surface area (TPSA) is 38.0 Å². The molecule has 1 atom stereocenters. The van der Waals surface area contributed by atoms with Crippen molar-refractivity contribution in [3.8, 4) is 0 Å². The summed E-state index contributed by atoms with van der Waals surface area (Å²) in [6.45, 7) is 0. The molecule has 2 nitrogen and oxygen atoms in total. The summed E-state index contributed by atoms with van der Waals surface area (Å²) in [5.74, 6) is 5.40. The molecule has 1 aromatic rings. The Hall–Kier alpha value is -0.710. The zero-order valence-electron chi connectivity index (χ0n) is 9.55. The number of benzene rings is 1. The van der Waals surface area contributed by atoms with Crippen molar-refractivity contribution in [2.24, 2.45) is 5.84 Å². The van der Waals surface area contributed by atoms with Crippen LogP contribution < -0.4 is 11.3 Å². The Morgan fingerprint density at radius 1 is 1.35 bits per heavy atom. The lowest BCUT2D eigenvalue weighted by atomic mass is 9.90. The number of rotatable bonds is 3. The average molecular weight is 299 g/mol. The zero-order chi connectivity index (χ0) is 12.3. The molecule has 17 heavy (non-hydrogen) atoms. The lowest BCUT2D eigenvalue weighted by molar-refractivity contribution is 0.561. The summed E-state index contributed by atoms with van der Waals surface area (Å²) in [5.41, 5.74) is 5.11. The summed E-state index contributed by atoms with van der Waals surface area (Å²) in [7, 11) is 0. The van der Waals surface area contributed by atoms with Gasteiger partial charge in [-0.3, -0.25) is 5.84 Å². The summed E-state index contributed by atoms with van der Waals surface area (Å²) in [6.07, 6.45) is 6.84. The highest BCUT2D eigenvalue weighted by Crippen LogP contribution is 2.33. The second-order valence-corrected chi connectivity index (χ2v) is 5.14. The smallest absolute Gasteiger partial charge is 0.124 e. The van der Waals surface area contributed by atoms with Crippen molar-refractivity contribution in [3.05, 3.63) is 45.7 Å². The van der Waals surface area contributed by atoms with Gasteiger partial charge in [-0.2, -0.15) is 0 Å². The maximum absolute atomic E-state index is 13.1. The van der Waals surface area contributed by atoms with Gasteiger partial charge in [0.2, 0.25) is 0 Å². The van der Waals surface area contributed by atoms with Crippen LogP contribution in [0.5, 0.6) is 0 Å². The van der Waals surface area contributed by atoms with Gasteiger partial charge in [0, 0.05) is 4.47 Å². The molecule has 3 N–H and O–H groups in total. The number of hydrogen-bond acceptors (Lipinski definition) is 2. The van der Waals surface area contributed by atoms with Crippen molar-refractivity contribution in [1.82, 2.24) is 5.43 Å². The van der Waals surface area contributed by atoms with Crippen LogP contribution in [0.15, 0.2) is 34.3 Å². The third-order valence-electron chi connectivity index (χ3n) is 3.14. The molecule has 0 heterocycles. The van der Waals surface area contributed by atoms with Crippen molar-refractivity contribution in [2.75, 3.05) is 0 Å². The minimum absolute atomic E-state index is 0.0229. The van der Waals surface area contributed by atoms with E-state index < -0.39 is 0 Å². The van der Waals surface area contributed by atoms with Gasteiger partial charge in [-0.15, -0.1) is 0 Å². The molecule has 0 amide bonds. The fourth-order valence-electron chi connectivity index (χ4n) is 2.26. The predicted molar refractivity (Wildman–Crippen MR) is 70.7 cm³/mol. The molecule has 1 aromatic carbocycles. The molecule has 0 radical (unpaired) electrons. The van der Waals surface area contributed by atoms with Crippen molar-refractivity contribution >= 4 is 15.9 Å². The van der Waals surface area contributed by atoms with E-state index in [-0.39, 0.29) is 11.9 Å². The Morgan fingerprint density at radius 3 is 2.76 bits per heavy atom. The van der Waals surface area contributed by atoms with E-state index in [2.05, 4.69) is 27.4 Å². The van der Waals surface area contributed by atoms with Gasteiger partial charge in [0.05, 0.1) is 6.04 Å². The maximum atomic E-state index is 13.1. The first-order valence-electron chi connectivity index (χ1n) is 5.82. The van der Waals surface area contributed by atoms with Crippen LogP contribution >= 0.6 is 15.9 Å². The van der Waals surface area contributed by atoms with Gasteiger partial charge in [-0.25, -0.2) is 9.82 Å². The largest absolute Gasteiger partial charge is 0.271 e. The highest BCUT2D eigenvalue weighted by molar-refractivity contribution is 9.10. The van der Waals surface area contributed by atoms with Crippen molar-refractivity contribution in [3.63, 3.8) is 0 Å². The monoisotopic (exact) mass is 298 g/mol. The zero-order valence-corrected chi connectivity index (χ0v) is 11.1.